The second kappa shape index (κ2) is 6.37. The lowest BCUT2D eigenvalue weighted by Crippen LogP contribution is -2.28. The van der Waals surface area contributed by atoms with Crippen LogP contribution in [0.3, 0.4) is 0 Å². The van der Waals surface area contributed by atoms with E-state index in [2.05, 4.69) is 5.32 Å². The molecular weight excluding hydrogens is 252 g/mol. The molecule has 0 fully saturated rings. The van der Waals surface area contributed by atoms with Crippen LogP contribution in [0.1, 0.15) is 31.5 Å². The summed E-state index contributed by atoms with van der Waals surface area (Å²) in [4.78, 5) is 23.8. The molecule has 0 bridgehead atoms. The van der Waals surface area contributed by atoms with Crippen LogP contribution in [0.2, 0.25) is 0 Å². The van der Waals surface area contributed by atoms with E-state index in [1.165, 1.54) is 0 Å². The van der Waals surface area contributed by atoms with Gasteiger partial charge in [-0.05, 0) is 18.1 Å². The number of carbonyl (C=O) groups is 2. The SMILES string of the molecule is CC(C)CNC(=O)CCC(=O)n1ccc2ccccc21. The van der Waals surface area contributed by atoms with E-state index in [0.29, 0.717) is 12.5 Å². The number of hydrogen-bond acceptors (Lipinski definition) is 2. The van der Waals surface area contributed by atoms with Gasteiger partial charge in [-0.3, -0.25) is 14.2 Å². The largest absolute Gasteiger partial charge is 0.356 e. The Morgan fingerprint density at radius 3 is 2.65 bits per heavy atom. The second-order valence-corrected chi connectivity index (χ2v) is 5.34. The summed E-state index contributed by atoms with van der Waals surface area (Å²) in [6.07, 6.45) is 2.22. The van der Waals surface area contributed by atoms with Crippen molar-refractivity contribution in [3.05, 3.63) is 36.5 Å². The molecule has 1 N–H and O–H groups in total. The maximum absolute atomic E-state index is 12.1. The Balaban J connectivity index is 1.94. The molecule has 2 aromatic rings. The number of carbonyl (C=O) groups excluding carboxylic acids is 2. The van der Waals surface area contributed by atoms with Crippen LogP contribution in [0.25, 0.3) is 10.9 Å². The molecule has 0 unspecified atom stereocenters. The molecule has 4 nitrogen and oxygen atoms in total. The molecule has 0 saturated heterocycles. The Bertz CT molecular complexity index is 614. The van der Waals surface area contributed by atoms with Crippen molar-refractivity contribution in [1.29, 1.82) is 0 Å². The highest BCUT2D eigenvalue weighted by atomic mass is 16.2. The van der Waals surface area contributed by atoms with Gasteiger partial charge in [-0.15, -0.1) is 0 Å². The highest BCUT2D eigenvalue weighted by molar-refractivity contribution is 5.93. The minimum absolute atomic E-state index is 0.0501. The van der Waals surface area contributed by atoms with Gasteiger partial charge in [0.2, 0.25) is 11.8 Å². The Morgan fingerprint density at radius 2 is 1.90 bits per heavy atom. The zero-order chi connectivity index (χ0) is 14.5. The van der Waals surface area contributed by atoms with Crippen molar-refractivity contribution in [3.63, 3.8) is 0 Å². The maximum atomic E-state index is 12.1. The summed E-state index contributed by atoms with van der Waals surface area (Å²) in [5.74, 6) is 0.303. The van der Waals surface area contributed by atoms with Gasteiger partial charge in [0.1, 0.15) is 0 Å². The Morgan fingerprint density at radius 1 is 1.15 bits per heavy atom. The molecule has 2 rings (SSSR count). The van der Waals surface area contributed by atoms with Gasteiger partial charge in [-0.1, -0.05) is 32.0 Å². The summed E-state index contributed by atoms with van der Waals surface area (Å²) >= 11 is 0. The molecule has 1 aromatic heterocycles. The molecule has 0 saturated carbocycles. The van der Waals surface area contributed by atoms with Crippen LogP contribution in [0.5, 0.6) is 0 Å². The molecule has 0 atom stereocenters. The topological polar surface area (TPSA) is 51.1 Å². The maximum Gasteiger partial charge on any atom is 0.231 e. The van der Waals surface area contributed by atoms with Gasteiger partial charge in [-0.25, -0.2) is 0 Å². The monoisotopic (exact) mass is 272 g/mol. The Kier molecular flexibility index (Phi) is 4.56. The van der Waals surface area contributed by atoms with E-state index in [4.69, 9.17) is 0 Å². The van der Waals surface area contributed by atoms with Crippen molar-refractivity contribution in [2.24, 2.45) is 5.92 Å². The van der Waals surface area contributed by atoms with Gasteiger partial charge >= 0.3 is 0 Å². The van der Waals surface area contributed by atoms with Crippen molar-refractivity contribution < 1.29 is 9.59 Å². The van der Waals surface area contributed by atoms with Gasteiger partial charge in [0, 0.05) is 31.0 Å². The minimum Gasteiger partial charge on any atom is -0.356 e. The highest BCUT2D eigenvalue weighted by Crippen LogP contribution is 2.15. The smallest absolute Gasteiger partial charge is 0.231 e. The molecule has 0 aliphatic carbocycles. The molecule has 4 heteroatoms. The summed E-state index contributed by atoms with van der Waals surface area (Å²) in [7, 11) is 0. The number of aromatic nitrogens is 1. The van der Waals surface area contributed by atoms with Crippen LogP contribution in [-0.4, -0.2) is 22.9 Å². The number of benzene rings is 1. The lowest BCUT2D eigenvalue weighted by Gasteiger charge is -2.08. The van der Waals surface area contributed by atoms with Gasteiger partial charge in [0.25, 0.3) is 0 Å². The zero-order valence-corrected chi connectivity index (χ0v) is 11.9. The molecule has 0 radical (unpaired) electrons. The van der Waals surface area contributed by atoms with E-state index in [-0.39, 0.29) is 24.7 Å². The number of nitrogens with zero attached hydrogens (tertiary/aromatic N) is 1. The molecule has 106 valence electrons. The lowest BCUT2D eigenvalue weighted by atomic mass is 10.2. The van der Waals surface area contributed by atoms with Gasteiger partial charge in [-0.2, -0.15) is 0 Å². The first-order chi connectivity index (χ1) is 9.58. The van der Waals surface area contributed by atoms with Crippen LogP contribution in [0.4, 0.5) is 0 Å². The highest BCUT2D eigenvalue weighted by Gasteiger charge is 2.11. The van der Waals surface area contributed by atoms with E-state index < -0.39 is 0 Å². The first-order valence-corrected chi connectivity index (χ1v) is 6.94. The van der Waals surface area contributed by atoms with Crippen LogP contribution in [-0.2, 0) is 4.79 Å². The van der Waals surface area contributed by atoms with E-state index in [9.17, 15) is 9.59 Å². The number of para-hydroxylation sites is 1. The Hall–Kier alpha value is -2.10. The summed E-state index contributed by atoms with van der Waals surface area (Å²) < 4.78 is 1.62. The van der Waals surface area contributed by atoms with E-state index in [1.807, 2.05) is 44.2 Å². The summed E-state index contributed by atoms with van der Waals surface area (Å²) in [6, 6.07) is 9.63. The van der Waals surface area contributed by atoms with Crippen molar-refractivity contribution in [3.8, 4) is 0 Å². The number of fused-ring (bicyclic) bond motifs is 1. The third kappa shape index (κ3) is 3.47. The van der Waals surface area contributed by atoms with Crippen molar-refractivity contribution in [2.75, 3.05) is 6.54 Å². The predicted molar refractivity (Wildman–Crippen MR) is 79.6 cm³/mol. The van der Waals surface area contributed by atoms with Gasteiger partial charge < -0.3 is 5.32 Å². The molecule has 0 aliphatic rings. The van der Waals surface area contributed by atoms with Crippen molar-refractivity contribution in [1.82, 2.24) is 9.88 Å². The average Bonchev–Trinajstić information content (AvgIpc) is 2.86. The number of amides is 1. The minimum atomic E-state index is -0.0662. The first-order valence-electron chi connectivity index (χ1n) is 6.94. The number of nitrogens with one attached hydrogen (secondary N) is 1. The molecule has 1 aromatic carbocycles. The Labute approximate surface area is 118 Å². The number of hydrogen-bond donors (Lipinski definition) is 1. The number of rotatable bonds is 5. The third-order valence-corrected chi connectivity index (χ3v) is 3.14. The fraction of sp³-hybridized carbons (Fsp3) is 0.375. The fourth-order valence-corrected chi connectivity index (χ4v) is 2.05. The average molecular weight is 272 g/mol. The fourth-order valence-electron chi connectivity index (χ4n) is 2.05. The van der Waals surface area contributed by atoms with Gasteiger partial charge in [0.05, 0.1) is 5.52 Å². The standard InChI is InChI=1S/C16H20N2O2/c1-12(2)11-17-15(19)7-8-16(20)18-10-9-13-5-3-4-6-14(13)18/h3-6,9-10,12H,7-8,11H2,1-2H3,(H,17,19). The van der Waals surface area contributed by atoms with E-state index in [0.717, 1.165) is 10.9 Å². The summed E-state index contributed by atoms with van der Waals surface area (Å²) in [6.45, 7) is 4.73. The summed E-state index contributed by atoms with van der Waals surface area (Å²) in [5.41, 5.74) is 0.889. The summed E-state index contributed by atoms with van der Waals surface area (Å²) in [5, 5.41) is 3.85. The van der Waals surface area contributed by atoms with E-state index >= 15 is 0 Å². The predicted octanol–water partition coefficient (Wildman–Crippen LogP) is 2.83. The van der Waals surface area contributed by atoms with E-state index in [1.54, 1.807) is 10.8 Å². The van der Waals surface area contributed by atoms with Gasteiger partial charge in [0.15, 0.2) is 0 Å². The molecular formula is C16H20N2O2. The molecule has 20 heavy (non-hydrogen) atoms. The molecule has 1 heterocycles. The van der Waals surface area contributed by atoms with Crippen LogP contribution in [0, 0.1) is 5.92 Å². The first kappa shape index (κ1) is 14.3. The molecule has 0 aliphatic heterocycles. The van der Waals surface area contributed by atoms with Crippen LogP contribution < -0.4 is 5.32 Å². The second-order valence-electron chi connectivity index (χ2n) is 5.34. The van der Waals surface area contributed by atoms with Crippen LogP contribution in [0.15, 0.2) is 36.5 Å². The van der Waals surface area contributed by atoms with Crippen LogP contribution >= 0.6 is 0 Å². The quantitative estimate of drug-likeness (QED) is 0.910. The lowest BCUT2D eigenvalue weighted by molar-refractivity contribution is -0.121. The normalized spacial score (nSPS) is 10.9. The molecule has 0 spiro atoms. The van der Waals surface area contributed by atoms with Crippen molar-refractivity contribution >= 4 is 22.7 Å². The molecule has 1 amide bonds. The third-order valence-electron chi connectivity index (χ3n) is 3.14. The zero-order valence-electron chi connectivity index (χ0n) is 11.9. The van der Waals surface area contributed by atoms with Crippen molar-refractivity contribution in [2.45, 2.75) is 26.7 Å².